The Labute approximate surface area is 132 Å². The summed E-state index contributed by atoms with van der Waals surface area (Å²) in [5.74, 6) is -0.340. The van der Waals surface area contributed by atoms with Crippen LogP contribution in [0.15, 0.2) is 30.3 Å². The molecule has 0 aliphatic heterocycles. The first-order chi connectivity index (χ1) is 10.0. The molecule has 2 rings (SSSR count). The summed E-state index contributed by atoms with van der Waals surface area (Å²) in [5, 5.41) is 4.03. The number of anilines is 3. The van der Waals surface area contributed by atoms with Crippen LogP contribution in [0.4, 0.5) is 21.5 Å². The second-order valence-corrected chi connectivity index (χ2v) is 5.31. The summed E-state index contributed by atoms with van der Waals surface area (Å²) < 4.78 is 19.1. The van der Waals surface area contributed by atoms with Gasteiger partial charge >= 0.3 is 0 Å². The number of ether oxygens (including phenoxy) is 1. The van der Waals surface area contributed by atoms with Crippen LogP contribution in [0, 0.1) is 5.82 Å². The lowest BCUT2D eigenvalue weighted by molar-refractivity contribution is 0.301. The number of halogens is 3. The molecule has 0 atom stereocenters. The molecule has 0 aliphatic rings. The van der Waals surface area contributed by atoms with E-state index in [-0.39, 0.29) is 11.4 Å². The van der Waals surface area contributed by atoms with E-state index in [0.717, 1.165) is 6.42 Å². The van der Waals surface area contributed by atoms with Crippen molar-refractivity contribution >= 4 is 40.3 Å². The van der Waals surface area contributed by atoms with Gasteiger partial charge in [-0.05, 0) is 24.6 Å². The minimum Gasteiger partial charge on any atom is -0.490 e. The fourth-order valence-electron chi connectivity index (χ4n) is 1.74. The van der Waals surface area contributed by atoms with Crippen LogP contribution >= 0.6 is 23.2 Å². The van der Waals surface area contributed by atoms with E-state index < -0.39 is 5.82 Å². The molecular weight excluding hydrogens is 314 g/mol. The van der Waals surface area contributed by atoms with E-state index in [1.165, 1.54) is 12.1 Å². The maximum absolute atomic E-state index is 13.7. The van der Waals surface area contributed by atoms with E-state index in [4.69, 9.17) is 33.7 Å². The van der Waals surface area contributed by atoms with Crippen molar-refractivity contribution in [3.05, 3.63) is 46.2 Å². The largest absolute Gasteiger partial charge is 0.490 e. The highest BCUT2D eigenvalue weighted by atomic mass is 35.5. The molecule has 2 aromatic rings. The molecule has 0 unspecified atom stereocenters. The molecule has 0 radical (unpaired) electrons. The lowest BCUT2D eigenvalue weighted by Crippen LogP contribution is -2.02. The highest BCUT2D eigenvalue weighted by molar-refractivity contribution is 6.36. The third-order valence-electron chi connectivity index (χ3n) is 2.77. The Bertz CT molecular complexity index is 650. The summed E-state index contributed by atoms with van der Waals surface area (Å²) in [4.78, 5) is 0. The summed E-state index contributed by atoms with van der Waals surface area (Å²) >= 11 is 11.9. The van der Waals surface area contributed by atoms with Crippen molar-refractivity contribution in [2.45, 2.75) is 13.3 Å². The zero-order chi connectivity index (χ0) is 15.4. The molecule has 2 aromatic carbocycles. The number of hydrogen-bond acceptors (Lipinski definition) is 3. The predicted molar refractivity (Wildman–Crippen MR) is 86.3 cm³/mol. The van der Waals surface area contributed by atoms with Crippen LogP contribution in [0.25, 0.3) is 0 Å². The zero-order valence-electron chi connectivity index (χ0n) is 11.4. The van der Waals surface area contributed by atoms with Gasteiger partial charge in [-0.2, -0.15) is 0 Å². The van der Waals surface area contributed by atoms with E-state index in [1.807, 2.05) is 6.92 Å². The van der Waals surface area contributed by atoms with Crippen molar-refractivity contribution in [2.24, 2.45) is 0 Å². The molecule has 6 heteroatoms. The van der Waals surface area contributed by atoms with Crippen molar-refractivity contribution in [1.29, 1.82) is 0 Å². The van der Waals surface area contributed by atoms with Gasteiger partial charge in [0, 0.05) is 17.2 Å². The number of hydrogen-bond donors (Lipinski definition) is 2. The first kappa shape index (κ1) is 15.7. The maximum atomic E-state index is 13.7. The van der Waals surface area contributed by atoms with Gasteiger partial charge in [-0.25, -0.2) is 4.39 Å². The number of benzene rings is 2. The topological polar surface area (TPSA) is 47.3 Å². The van der Waals surface area contributed by atoms with E-state index in [1.54, 1.807) is 18.2 Å². The van der Waals surface area contributed by atoms with Crippen molar-refractivity contribution in [2.75, 3.05) is 17.7 Å². The van der Waals surface area contributed by atoms with Gasteiger partial charge in [0.1, 0.15) is 0 Å². The van der Waals surface area contributed by atoms with Gasteiger partial charge < -0.3 is 15.8 Å². The molecule has 0 heterocycles. The summed E-state index contributed by atoms with van der Waals surface area (Å²) in [6.07, 6.45) is 0.787. The van der Waals surface area contributed by atoms with Gasteiger partial charge in [-0.1, -0.05) is 30.1 Å². The molecule has 0 amide bonds. The smallest absolute Gasteiger partial charge is 0.167 e. The van der Waals surface area contributed by atoms with Crippen molar-refractivity contribution in [3.8, 4) is 5.75 Å². The number of nitrogens with two attached hydrogens (primary N) is 1. The number of nitrogen functional groups attached to an aromatic ring is 1. The third-order valence-corrected chi connectivity index (χ3v) is 3.31. The Morgan fingerprint density at radius 2 is 1.95 bits per heavy atom. The van der Waals surface area contributed by atoms with Crippen molar-refractivity contribution in [3.63, 3.8) is 0 Å². The Morgan fingerprint density at radius 1 is 1.19 bits per heavy atom. The molecule has 3 nitrogen and oxygen atoms in total. The van der Waals surface area contributed by atoms with Gasteiger partial charge in [0.15, 0.2) is 11.6 Å². The van der Waals surface area contributed by atoms with Crippen LogP contribution in [0.1, 0.15) is 13.3 Å². The van der Waals surface area contributed by atoms with E-state index in [2.05, 4.69) is 5.32 Å². The Hall–Kier alpha value is -1.65. The average molecular weight is 329 g/mol. The molecule has 112 valence electrons. The molecule has 0 aromatic heterocycles. The molecule has 3 N–H and O–H groups in total. The van der Waals surface area contributed by atoms with Crippen LogP contribution in [0.3, 0.4) is 0 Å². The Balaban J connectivity index is 2.30. The van der Waals surface area contributed by atoms with Crippen LogP contribution in [0.2, 0.25) is 10.0 Å². The van der Waals surface area contributed by atoms with Crippen LogP contribution in [0.5, 0.6) is 5.75 Å². The molecule has 21 heavy (non-hydrogen) atoms. The lowest BCUT2D eigenvalue weighted by Gasteiger charge is -2.14. The van der Waals surface area contributed by atoms with Gasteiger partial charge in [-0.15, -0.1) is 0 Å². The first-order valence-corrected chi connectivity index (χ1v) is 7.20. The Kier molecular flexibility index (Phi) is 5.15. The fourth-order valence-corrected chi connectivity index (χ4v) is 2.19. The maximum Gasteiger partial charge on any atom is 0.167 e. The molecule has 0 saturated heterocycles. The minimum absolute atomic E-state index is 0.152. The second-order valence-electron chi connectivity index (χ2n) is 4.47. The van der Waals surface area contributed by atoms with Gasteiger partial charge in [-0.3, -0.25) is 0 Å². The second kappa shape index (κ2) is 6.87. The zero-order valence-corrected chi connectivity index (χ0v) is 12.9. The third kappa shape index (κ3) is 3.93. The van der Waals surface area contributed by atoms with E-state index in [0.29, 0.717) is 28.0 Å². The van der Waals surface area contributed by atoms with Crippen molar-refractivity contribution < 1.29 is 9.13 Å². The predicted octanol–water partition coefficient (Wildman–Crippen LogP) is 5.25. The first-order valence-electron chi connectivity index (χ1n) is 6.45. The normalized spacial score (nSPS) is 10.5. The molecule has 0 saturated carbocycles. The fraction of sp³-hybridized carbons (Fsp3) is 0.200. The van der Waals surface area contributed by atoms with Crippen LogP contribution in [-0.4, -0.2) is 6.61 Å². The van der Waals surface area contributed by atoms with Crippen molar-refractivity contribution in [1.82, 2.24) is 0 Å². The average Bonchev–Trinajstić information content (AvgIpc) is 2.43. The van der Waals surface area contributed by atoms with Gasteiger partial charge in [0.05, 0.1) is 28.7 Å². The lowest BCUT2D eigenvalue weighted by atomic mass is 10.2. The Morgan fingerprint density at radius 3 is 2.62 bits per heavy atom. The molecule has 0 fully saturated rings. The number of nitrogens with one attached hydrogen (secondary N) is 1. The van der Waals surface area contributed by atoms with Gasteiger partial charge in [0.25, 0.3) is 0 Å². The highest BCUT2D eigenvalue weighted by Crippen LogP contribution is 2.34. The summed E-state index contributed by atoms with van der Waals surface area (Å²) in [5.41, 5.74) is 7.23. The minimum atomic E-state index is -0.492. The van der Waals surface area contributed by atoms with Gasteiger partial charge in [0.2, 0.25) is 0 Å². The standard InChI is InChI=1S/C15H15Cl2FN2O/c1-2-5-21-15-8-14(12(19)7-11(15)18)20-13-4-3-9(16)6-10(13)17/h3-4,6-8,20H,2,5,19H2,1H3. The summed E-state index contributed by atoms with van der Waals surface area (Å²) in [6, 6.07) is 7.77. The highest BCUT2D eigenvalue weighted by Gasteiger charge is 2.11. The quantitative estimate of drug-likeness (QED) is 0.737. The van der Waals surface area contributed by atoms with Crippen LogP contribution < -0.4 is 15.8 Å². The van der Waals surface area contributed by atoms with E-state index >= 15 is 0 Å². The molecule has 0 aliphatic carbocycles. The summed E-state index contributed by atoms with van der Waals surface area (Å²) in [6.45, 7) is 2.38. The molecular formula is C15H15Cl2FN2O. The SMILES string of the molecule is CCCOc1cc(Nc2ccc(Cl)cc2Cl)c(N)cc1F. The molecule has 0 bridgehead atoms. The number of rotatable bonds is 5. The molecule has 0 spiro atoms. The van der Waals surface area contributed by atoms with Crippen LogP contribution in [-0.2, 0) is 0 Å². The summed E-state index contributed by atoms with van der Waals surface area (Å²) in [7, 11) is 0. The van der Waals surface area contributed by atoms with E-state index in [9.17, 15) is 4.39 Å². The monoisotopic (exact) mass is 328 g/mol.